The summed E-state index contributed by atoms with van der Waals surface area (Å²) in [5, 5.41) is 3.16. The van der Waals surface area contributed by atoms with E-state index in [0.717, 1.165) is 5.56 Å². The number of rotatable bonds is 3. The summed E-state index contributed by atoms with van der Waals surface area (Å²) < 4.78 is 15.8. The van der Waals surface area contributed by atoms with Gasteiger partial charge in [0.05, 0.1) is 10.5 Å². The van der Waals surface area contributed by atoms with E-state index in [1.807, 2.05) is 37.4 Å². The number of benzene rings is 2. The fourth-order valence-corrected chi connectivity index (χ4v) is 2.64. The molecule has 4 heteroatoms. The van der Waals surface area contributed by atoms with Crippen LogP contribution in [0.2, 0.25) is 0 Å². The monoisotopic (exact) mass is 419 g/mol. The van der Waals surface area contributed by atoms with Crippen molar-refractivity contribution in [1.29, 1.82) is 0 Å². The topological polar surface area (TPSA) is 12.0 Å². The molecule has 0 bridgehead atoms. The van der Waals surface area contributed by atoms with Gasteiger partial charge in [-0.15, -0.1) is 0 Å². The van der Waals surface area contributed by atoms with Gasteiger partial charge >= 0.3 is 0 Å². The predicted octanol–water partition coefficient (Wildman–Crippen LogP) is 4.50. The maximum atomic E-state index is 14.1. The highest BCUT2D eigenvalue weighted by Crippen LogP contribution is 2.28. The van der Waals surface area contributed by atoms with E-state index in [1.165, 1.54) is 3.57 Å². The molecule has 0 saturated heterocycles. The molecule has 0 heterocycles. The Balaban J connectivity index is 2.45. The zero-order valence-electron chi connectivity index (χ0n) is 9.75. The van der Waals surface area contributed by atoms with Gasteiger partial charge in [-0.25, -0.2) is 4.39 Å². The van der Waals surface area contributed by atoms with E-state index < -0.39 is 0 Å². The van der Waals surface area contributed by atoms with Crippen molar-refractivity contribution >= 4 is 38.5 Å². The lowest BCUT2D eigenvalue weighted by molar-refractivity contribution is 0.571. The molecule has 94 valence electrons. The summed E-state index contributed by atoms with van der Waals surface area (Å²) in [6.45, 7) is 0. The first-order valence-electron chi connectivity index (χ1n) is 5.50. The van der Waals surface area contributed by atoms with E-state index in [4.69, 9.17) is 0 Å². The molecule has 1 atom stereocenters. The van der Waals surface area contributed by atoms with Crippen molar-refractivity contribution in [2.75, 3.05) is 7.05 Å². The number of halogens is 3. The van der Waals surface area contributed by atoms with Crippen LogP contribution in [0.15, 0.2) is 46.9 Å². The molecular formula is C14H12BrFIN. The summed E-state index contributed by atoms with van der Waals surface area (Å²) in [6.07, 6.45) is 0. The van der Waals surface area contributed by atoms with Crippen LogP contribution in [-0.4, -0.2) is 7.05 Å². The second-order valence-corrected chi connectivity index (χ2v) is 6.02. The van der Waals surface area contributed by atoms with Gasteiger partial charge in [0.15, 0.2) is 0 Å². The highest BCUT2D eigenvalue weighted by atomic mass is 127. The van der Waals surface area contributed by atoms with Gasteiger partial charge in [0, 0.05) is 9.13 Å². The molecular weight excluding hydrogens is 408 g/mol. The molecule has 18 heavy (non-hydrogen) atoms. The van der Waals surface area contributed by atoms with Gasteiger partial charge in [-0.1, -0.05) is 24.3 Å². The molecule has 1 N–H and O–H groups in total. The highest BCUT2D eigenvalue weighted by molar-refractivity contribution is 14.1. The Morgan fingerprint density at radius 3 is 2.44 bits per heavy atom. The van der Waals surface area contributed by atoms with Crippen LogP contribution in [0.3, 0.4) is 0 Å². The molecule has 0 spiro atoms. The normalized spacial score (nSPS) is 12.4. The third kappa shape index (κ3) is 2.92. The molecule has 0 amide bonds. The third-order valence-electron chi connectivity index (χ3n) is 2.78. The van der Waals surface area contributed by atoms with Gasteiger partial charge in [0.25, 0.3) is 0 Å². The van der Waals surface area contributed by atoms with E-state index in [2.05, 4.69) is 43.8 Å². The number of hydrogen-bond donors (Lipinski definition) is 1. The molecule has 0 aromatic heterocycles. The van der Waals surface area contributed by atoms with Crippen molar-refractivity contribution < 1.29 is 4.39 Å². The molecule has 1 unspecified atom stereocenters. The minimum atomic E-state index is -0.213. The smallest absolute Gasteiger partial charge is 0.142 e. The van der Waals surface area contributed by atoms with Crippen LogP contribution in [0.5, 0.6) is 0 Å². The van der Waals surface area contributed by atoms with Gasteiger partial charge in [-0.05, 0) is 69.3 Å². The summed E-state index contributed by atoms with van der Waals surface area (Å²) in [4.78, 5) is 0. The van der Waals surface area contributed by atoms with Crippen LogP contribution in [0.4, 0.5) is 4.39 Å². The highest BCUT2D eigenvalue weighted by Gasteiger charge is 2.17. The van der Waals surface area contributed by atoms with Crippen LogP contribution in [0.25, 0.3) is 0 Å². The average molecular weight is 420 g/mol. The summed E-state index contributed by atoms with van der Waals surface area (Å²) in [5.74, 6) is -0.213. The Morgan fingerprint density at radius 2 is 1.83 bits per heavy atom. The Kier molecular flexibility index (Phi) is 4.75. The molecule has 0 aliphatic carbocycles. The average Bonchev–Trinajstić information content (AvgIpc) is 2.37. The Morgan fingerprint density at radius 1 is 1.17 bits per heavy atom. The first-order valence-corrected chi connectivity index (χ1v) is 7.37. The molecule has 0 fully saturated rings. The second-order valence-electron chi connectivity index (χ2n) is 3.92. The number of hydrogen-bond acceptors (Lipinski definition) is 1. The zero-order chi connectivity index (χ0) is 13.1. The van der Waals surface area contributed by atoms with Crippen molar-refractivity contribution in [2.24, 2.45) is 0 Å². The SMILES string of the molecule is CNC(c1ccc(I)cc1)c1cccc(Br)c1F. The van der Waals surface area contributed by atoms with Gasteiger partial charge in [-0.2, -0.15) is 0 Å². The van der Waals surface area contributed by atoms with Crippen LogP contribution in [-0.2, 0) is 0 Å². The third-order valence-corrected chi connectivity index (χ3v) is 4.12. The predicted molar refractivity (Wildman–Crippen MR) is 84.2 cm³/mol. The molecule has 1 nitrogen and oxygen atoms in total. The second kappa shape index (κ2) is 6.12. The Labute approximate surface area is 128 Å². The molecule has 0 saturated carbocycles. The lowest BCUT2D eigenvalue weighted by atomic mass is 9.98. The van der Waals surface area contributed by atoms with Crippen molar-refractivity contribution in [1.82, 2.24) is 5.32 Å². The van der Waals surface area contributed by atoms with E-state index in [-0.39, 0.29) is 11.9 Å². The standard InChI is InChI=1S/C14H12BrFIN/c1-18-14(9-5-7-10(17)8-6-9)11-3-2-4-12(15)13(11)16/h2-8,14,18H,1H3. The van der Waals surface area contributed by atoms with Gasteiger partial charge in [-0.3, -0.25) is 0 Å². The number of nitrogens with one attached hydrogen (secondary N) is 1. The Hall–Kier alpha value is -0.460. The summed E-state index contributed by atoms with van der Waals surface area (Å²) >= 11 is 5.48. The minimum Gasteiger partial charge on any atom is -0.309 e. The van der Waals surface area contributed by atoms with E-state index in [9.17, 15) is 4.39 Å². The first kappa shape index (κ1) is 14.0. The molecule has 2 rings (SSSR count). The van der Waals surface area contributed by atoms with E-state index in [1.54, 1.807) is 12.1 Å². The van der Waals surface area contributed by atoms with Crippen LogP contribution in [0, 0.1) is 9.39 Å². The maximum absolute atomic E-state index is 14.1. The van der Waals surface area contributed by atoms with Gasteiger partial charge in [0.2, 0.25) is 0 Å². The molecule has 0 aliphatic heterocycles. The zero-order valence-corrected chi connectivity index (χ0v) is 13.5. The minimum absolute atomic E-state index is 0.139. The largest absolute Gasteiger partial charge is 0.309 e. The Bertz CT molecular complexity index is 542. The van der Waals surface area contributed by atoms with Gasteiger partial charge < -0.3 is 5.32 Å². The van der Waals surface area contributed by atoms with E-state index >= 15 is 0 Å². The van der Waals surface area contributed by atoms with Crippen molar-refractivity contribution in [3.8, 4) is 0 Å². The van der Waals surface area contributed by atoms with Crippen molar-refractivity contribution in [3.63, 3.8) is 0 Å². The van der Waals surface area contributed by atoms with Gasteiger partial charge in [0.1, 0.15) is 5.82 Å². The van der Waals surface area contributed by atoms with Crippen molar-refractivity contribution in [2.45, 2.75) is 6.04 Å². The molecule has 0 radical (unpaired) electrons. The lowest BCUT2D eigenvalue weighted by Gasteiger charge is -2.18. The first-order chi connectivity index (χ1) is 8.63. The van der Waals surface area contributed by atoms with Crippen LogP contribution in [0.1, 0.15) is 17.2 Å². The van der Waals surface area contributed by atoms with E-state index in [0.29, 0.717) is 10.0 Å². The quantitative estimate of drug-likeness (QED) is 0.722. The summed E-state index contributed by atoms with van der Waals surface area (Å²) in [6, 6.07) is 13.3. The summed E-state index contributed by atoms with van der Waals surface area (Å²) in [7, 11) is 1.84. The van der Waals surface area contributed by atoms with Crippen molar-refractivity contribution in [3.05, 3.63) is 67.5 Å². The van der Waals surface area contributed by atoms with Crippen LogP contribution < -0.4 is 5.32 Å². The maximum Gasteiger partial charge on any atom is 0.142 e. The lowest BCUT2D eigenvalue weighted by Crippen LogP contribution is -2.19. The summed E-state index contributed by atoms with van der Waals surface area (Å²) in [5.41, 5.74) is 1.70. The van der Waals surface area contributed by atoms with Crippen LogP contribution >= 0.6 is 38.5 Å². The fourth-order valence-electron chi connectivity index (χ4n) is 1.90. The fraction of sp³-hybridized carbons (Fsp3) is 0.143. The molecule has 0 aliphatic rings. The molecule has 2 aromatic carbocycles. The molecule has 2 aromatic rings.